The first-order valence-electron chi connectivity index (χ1n) is 6.55. The lowest BCUT2D eigenvalue weighted by Crippen LogP contribution is -2.31. The molecule has 5 nitrogen and oxygen atoms in total. The molecule has 100 valence electrons. The minimum absolute atomic E-state index is 0.367. The van der Waals surface area contributed by atoms with Crippen LogP contribution in [0.15, 0.2) is 6.33 Å². The average Bonchev–Trinajstić information content (AvgIpc) is 2.38. The third kappa shape index (κ3) is 3.10. The molecule has 0 aromatic carbocycles. The van der Waals surface area contributed by atoms with Crippen molar-refractivity contribution in [3.8, 4) is 5.88 Å². The third-order valence-electron chi connectivity index (χ3n) is 3.61. The normalized spacial score (nSPS) is 23.7. The summed E-state index contributed by atoms with van der Waals surface area (Å²) in [6.07, 6.45) is 6.29. The van der Waals surface area contributed by atoms with E-state index in [1.54, 1.807) is 7.11 Å². The summed E-state index contributed by atoms with van der Waals surface area (Å²) < 4.78 is 5.18. The molecular weight excluding hydrogens is 228 g/mol. The van der Waals surface area contributed by atoms with Crippen molar-refractivity contribution in [1.29, 1.82) is 0 Å². The Morgan fingerprint density at radius 1 is 1.44 bits per heavy atom. The zero-order chi connectivity index (χ0) is 13.0. The third-order valence-corrected chi connectivity index (χ3v) is 3.61. The summed E-state index contributed by atoms with van der Waals surface area (Å²) >= 11 is 0. The van der Waals surface area contributed by atoms with E-state index in [9.17, 15) is 0 Å². The highest BCUT2D eigenvalue weighted by molar-refractivity contribution is 5.47. The van der Waals surface area contributed by atoms with Gasteiger partial charge in [-0.1, -0.05) is 6.42 Å². The quantitative estimate of drug-likeness (QED) is 0.851. The van der Waals surface area contributed by atoms with Gasteiger partial charge in [-0.2, -0.15) is 0 Å². The molecule has 18 heavy (non-hydrogen) atoms. The lowest BCUT2D eigenvalue weighted by molar-refractivity contribution is 0.334. The van der Waals surface area contributed by atoms with Crippen molar-refractivity contribution in [2.45, 2.75) is 38.6 Å². The van der Waals surface area contributed by atoms with E-state index in [2.05, 4.69) is 15.3 Å². The van der Waals surface area contributed by atoms with Gasteiger partial charge in [0.1, 0.15) is 12.1 Å². The zero-order valence-electron chi connectivity index (χ0n) is 11.1. The van der Waals surface area contributed by atoms with Gasteiger partial charge in [0.15, 0.2) is 0 Å². The predicted molar refractivity (Wildman–Crippen MR) is 71.7 cm³/mol. The van der Waals surface area contributed by atoms with Crippen LogP contribution in [0.1, 0.15) is 31.2 Å². The van der Waals surface area contributed by atoms with E-state index in [1.165, 1.54) is 19.2 Å². The second-order valence-corrected chi connectivity index (χ2v) is 5.03. The van der Waals surface area contributed by atoms with Crippen LogP contribution in [0.25, 0.3) is 0 Å². The number of nitrogens with zero attached hydrogens (tertiary/aromatic N) is 2. The molecule has 0 bridgehead atoms. The maximum absolute atomic E-state index is 6.00. The molecule has 1 fully saturated rings. The minimum atomic E-state index is 0.367. The van der Waals surface area contributed by atoms with Crippen LogP contribution in [0.2, 0.25) is 0 Å². The Hall–Kier alpha value is -1.36. The average molecular weight is 250 g/mol. The molecule has 1 aromatic heterocycles. The first-order chi connectivity index (χ1) is 8.70. The highest BCUT2D eigenvalue weighted by atomic mass is 16.5. The van der Waals surface area contributed by atoms with Gasteiger partial charge in [-0.25, -0.2) is 9.97 Å². The Bertz CT molecular complexity index is 397. The van der Waals surface area contributed by atoms with Crippen LogP contribution in [0.3, 0.4) is 0 Å². The van der Waals surface area contributed by atoms with E-state index in [-0.39, 0.29) is 0 Å². The first kappa shape index (κ1) is 13.1. The standard InChI is InChI=1S/C13H22N4O/c1-9-12(16-8-17-13(9)18-2)15-7-10-4-3-5-11(14)6-10/h8,10-11H,3-7,14H2,1-2H3,(H,15,16,17). The van der Waals surface area contributed by atoms with Gasteiger partial charge in [0.25, 0.3) is 0 Å². The molecule has 1 aromatic rings. The molecule has 0 spiro atoms. The van der Waals surface area contributed by atoms with Crippen molar-refractivity contribution in [2.75, 3.05) is 19.0 Å². The summed E-state index contributed by atoms with van der Waals surface area (Å²) in [4.78, 5) is 8.33. The predicted octanol–water partition coefficient (Wildman–Crippen LogP) is 1.72. The first-order valence-corrected chi connectivity index (χ1v) is 6.55. The lowest BCUT2D eigenvalue weighted by Gasteiger charge is -2.27. The smallest absolute Gasteiger partial charge is 0.221 e. The molecule has 2 unspecified atom stereocenters. The molecular formula is C13H22N4O. The van der Waals surface area contributed by atoms with Crippen LogP contribution >= 0.6 is 0 Å². The fraction of sp³-hybridized carbons (Fsp3) is 0.692. The van der Waals surface area contributed by atoms with Gasteiger partial charge < -0.3 is 15.8 Å². The molecule has 1 aliphatic carbocycles. The van der Waals surface area contributed by atoms with Gasteiger partial charge in [0.05, 0.1) is 12.7 Å². The highest BCUT2D eigenvalue weighted by Gasteiger charge is 2.19. The fourth-order valence-corrected chi connectivity index (χ4v) is 2.58. The Balaban J connectivity index is 1.93. The second kappa shape index (κ2) is 6.00. The summed E-state index contributed by atoms with van der Waals surface area (Å²) in [6.45, 7) is 2.89. The monoisotopic (exact) mass is 250 g/mol. The highest BCUT2D eigenvalue weighted by Crippen LogP contribution is 2.25. The maximum atomic E-state index is 6.00. The van der Waals surface area contributed by atoms with Gasteiger partial charge >= 0.3 is 0 Å². The van der Waals surface area contributed by atoms with E-state index in [1.807, 2.05) is 6.92 Å². The van der Waals surface area contributed by atoms with E-state index < -0.39 is 0 Å². The van der Waals surface area contributed by atoms with Crippen molar-refractivity contribution in [3.05, 3.63) is 11.9 Å². The van der Waals surface area contributed by atoms with Crippen molar-refractivity contribution in [2.24, 2.45) is 11.7 Å². The molecule has 1 heterocycles. The fourth-order valence-electron chi connectivity index (χ4n) is 2.58. The van der Waals surface area contributed by atoms with E-state index in [4.69, 9.17) is 10.5 Å². The minimum Gasteiger partial charge on any atom is -0.481 e. The molecule has 2 rings (SSSR count). The van der Waals surface area contributed by atoms with Crippen molar-refractivity contribution in [1.82, 2.24) is 9.97 Å². The Labute approximate surface area is 108 Å². The Kier molecular flexibility index (Phi) is 4.36. The number of nitrogens with one attached hydrogen (secondary N) is 1. The number of methoxy groups -OCH3 is 1. The number of ether oxygens (including phenoxy) is 1. The number of aromatic nitrogens is 2. The van der Waals surface area contributed by atoms with Gasteiger partial charge in [-0.05, 0) is 32.1 Å². The van der Waals surface area contributed by atoms with Gasteiger partial charge in [0.2, 0.25) is 5.88 Å². The molecule has 0 aliphatic heterocycles. The van der Waals surface area contributed by atoms with Crippen LogP contribution < -0.4 is 15.8 Å². The SMILES string of the molecule is COc1ncnc(NCC2CCCC(N)C2)c1C. The van der Waals surface area contributed by atoms with Crippen LogP contribution in [0.5, 0.6) is 5.88 Å². The van der Waals surface area contributed by atoms with E-state index >= 15 is 0 Å². The number of hydrogen-bond donors (Lipinski definition) is 2. The molecule has 0 radical (unpaired) electrons. The number of rotatable bonds is 4. The summed E-state index contributed by atoms with van der Waals surface area (Å²) in [5.41, 5.74) is 6.95. The molecule has 3 N–H and O–H groups in total. The van der Waals surface area contributed by atoms with Crippen molar-refractivity contribution in [3.63, 3.8) is 0 Å². The van der Waals surface area contributed by atoms with E-state index in [0.29, 0.717) is 17.8 Å². The van der Waals surface area contributed by atoms with Gasteiger partial charge in [0, 0.05) is 12.6 Å². The molecule has 1 aliphatic rings. The topological polar surface area (TPSA) is 73.1 Å². The number of nitrogens with two attached hydrogens (primary N) is 1. The number of anilines is 1. The summed E-state index contributed by atoms with van der Waals surface area (Å²) in [5.74, 6) is 2.14. The molecule has 5 heteroatoms. The van der Waals surface area contributed by atoms with E-state index in [0.717, 1.165) is 30.8 Å². The summed E-state index contributed by atoms with van der Waals surface area (Å²) in [6, 6.07) is 0.367. The van der Waals surface area contributed by atoms with Crippen LogP contribution in [-0.4, -0.2) is 29.7 Å². The van der Waals surface area contributed by atoms with Gasteiger partial charge in [-0.3, -0.25) is 0 Å². The molecule has 0 saturated heterocycles. The Morgan fingerprint density at radius 2 is 2.28 bits per heavy atom. The molecule has 0 amide bonds. The van der Waals surface area contributed by atoms with Crippen LogP contribution in [0, 0.1) is 12.8 Å². The zero-order valence-corrected chi connectivity index (χ0v) is 11.1. The number of hydrogen-bond acceptors (Lipinski definition) is 5. The summed E-state index contributed by atoms with van der Waals surface area (Å²) in [7, 11) is 1.62. The lowest BCUT2D eigenvalue weighted by atomic mass is 9.86. The summed E-state index contributed by atoms with van der Waals surface area (Å²) in [5, 5.41) is 3.39. The van der Waals surface area contributed by atoms with Crippen LogP contribution in [0.4, 0.5) is 5.82 Å². The Morgan fingerprint density at radius 3 is 3.00 bits per heavy atom. The maximum Gasteiger partial charge on any atom is 0.221 e. The van der Waals surface area contributed by atoms with Gasteiger partial charge in [-0.15, -0.1) is 0 Å². The largest absolute Gasteiger partial charge is 0.481 e. The van der Waals surface area contributed by atoms with Crippen molar-refractivity contribution < 1.29 is 4.74 Å². The van der Waals surface area contributed by atoms with Crippen LogP contribution in [-0.2, 0) is 0 Å². The molecule has 1 saturated carbocycles. The van der Waals surface area contributed by atoms with Crippen molar-refractivity contribution >= 4 is 5.82 Å². The molecule has 2 atom stereocenters. The second-order valence-electron chi connectivity index (χ2n) is 5.03.